The number of phenols is 1. The zero-order valence-corrected chi connectivity index (χ0v) is 18.4. The first-order chi connectivity index (χ1) is 11.2. The van der Waals surface area contributed by atoms with E-state index in [1.165, 1.54) is 18.7 Å². The van der Waals surface area contributed by atoms with Gasteiger partial charge in [0.2, 0.25) is 0 Å². The predicted octanol–water partition coefficient (Wildman–Crippen LogP) is 4.68. The molecule has 25 heavy (non-hydrogen) atoms. The molecule has 0 spiro atoms. The Bertz CT molecular complexity index is 513. The average molecular weight is 349 g/mol. The van der Waals surface area contributed by atoms with Gasteiger partial charge in [-0.05, 0) is 23.0 Å². The monoisotopic (exact) mass is 348 g/mol. The highest BCUT2D eigenvalue weighted by Crippen LogP contribution is 2.39. The smallest absolute Gasteiger partial charge is 0.123 e. The van der Waals surface area contributed by atoms with Crippen LogP contribution in [0.3, 0.4) is 0 Å². The van der Waals surface area contributed by atoms with Crippen LogP contribution in [0, 0.1) is 11.8 Å². The molecule has 0 aromatic heterocycles. The number of aromatic hydroxyl groups is 1. The lowest BCUT2D eigenvalue weighted by atomic mass is 9.78. The van der Waals surface area contributed by atoms with E-state index in [1.54, 1.807) is 4.90 Å². The Morgan fingerprint density at radius 1 is 0.800 bits per heavy atom. The quantitative estimate of drug-likeness (QED) is 0.766. The molecule has 0 saturated carbocycles. The molecule has 0 saturated heterocycles. The van der Waals surface area contributed by atoms with Gasteiger partial charge in [-0.15, -0.1) is 0 Å². The van der Waals surface area contributed by atoms with Gasteiger partial charge in [0.15, 0.2) is 0 Å². The maximum Gasteiger partial charge on any atom is 0.123 e. The minimum atomic E-state index is -0.0592. The molecule has 0 heterocycles. The van der Waals surface area contributed by atoms with Crippen LogP contribution >= 0.6 is 0 Å². The van der Waals surface area contributed by atoms with Gasteiger partial charge in [0.25, 0.3) is 0 Å². The molecule has 0 unspecified atom stereocenters. The second kappa shape index (κ2) is 8.12. The number of phenolic OH excluding ortho intramolecular Hbond substituents is 1. The lowest BCUT2D eigenvalue weighted by Crippen LogP contribution is -3.11. The third kappa shape index (κ3) is 6.66. The zero-order chi connectivity index (χ0) is 19.6. The van der Waals surface area contributed by atoms with Crippen molar-refractivity contribution >= 4 is 0 Å². The van der Waals surface area contributed by atoms with Gasteiger partial charge in [0, 0.05) is 28.5 Å². The first-order valence-corrected chi connectivity index (χ1v) is 9.92. The zero-order valence-electron chi connectivity index (χ0n) is 18.4. The minimum Gasteiger partial charge on any atom is -0.507 e. The summed E-state index contributed by atoms with van der Waals surface area (Å²) in [6, 6.07) is 4.48. The molecule has 144 valence electrons. The lowest BCUT2D eigenvalue weighted by Gasteiger charge is -2.29. The Morgan fingerprint density at radius 2 is 1.16 bits per heavy atom. The highest BCUT2D eigenvalue weighted by molar-refractivity contribution is 5.49. The van der Waals surface area contributed by atoms with Crippen LogP contribution in [0.15, 0.2) is 12.1 Å². The molecule has 1 aromatic carbocycles. The van der Waals surface area contributed by atoms with E-state index in [9.17, 15) is 5.11 Å². The van der Waals surface area contributed by atoms with Crippen LogP contribution in [0.5, 0.6) is 5.75 Å². The Balaban J connectivity index is 3.33. The summed E-state index contributed by atoms with van der Waals surface area (Å²) in [5.74, 6) is 1.86. The topological polar surface area (TPSA) is 24.7 Å². The third-order valence-electron chi connectivity index (χ3n) is 4.63. The summed E-state index contributed by atoms with van der Waals surface area (Å²) in [7, 11) is 0. The molecule has 2 N–H and O–H groups in total. The first kappa shape index (κ1) is 22.0. The molecule has 0 bridgehead atoms. The van der Waals surface area contributed by atoms with Crippen LogP contribution in [0.4, 0.5) is 0 Å². The van der Waals surface area contributed by atoms with Gasteiger partial charge in [-0.3, -0.25) is 0 Å². The number of benzene rings is 1. The maximum atomic E-state index is 10.9. The predicted molar refractivity (Wildman–Crippen MR) is 110 cm³/mol. The number of hydrogen-bond donors (Lipinski definition) is 2. The summed E-state index contributed by atoms with van der Waals surface area (Å²) in [6.45, 7) is 25.7. The summed E-state index contributed by atoms with van der Waals surface area (Å²) in [4.78, 5) is 1.63. The summed E-state index contributed by atoms with van der Waals surface area (Å²) in [5.41, 5.74) is 3.38. The van der Waals surface area contributed by atoms with E-state index in [0.717, 1.165) is 17.7 Å². The van der Waals surface area contributed by atoms with Crippen molar-refractivity contribution in [2.45, 2.75) is 86.6 Å². The molecule has 1 rings (SSSR count). The molecule has 0 aliphatic carbocycles. The molecule has 1 aromatic rings. The Hall–Kier alpha value is -1.02. The minimum absolute atomic E-state index is 0.0592. The summed E-state index contributed by atoms with van der Waals surface area (Å²) >= 11 is 0. The van der Waals surface area contributed by atoms with Crippen LogP contribution in [0.2, 0.25) is 0 Å². The van der Waals surface area contributed by atoms with E-state index in [1.807, 2.05) is 0 Å². The maximum absolute atomic E-state index is 10.9. The summed E-state index contributed by atoms with van der Waals surface area (Å²) in [5, 5.41) is 10.9. The highest BCUT2D eigenvalue weighted by atomic mass is 16.3. The molecule has 0 amide bonds. The van der Waals surface area contributed by atoms with Gasteiger partial charge < -0.3 is 10.0 Å². The highest BCUT2D eigenvalue weighted by Gasteiger charge is 2.27. The molecular weight excluding hydrogens is 306 g/mol. The van der Waals surface area contributed by atoms with E-state index >= 15 is 0 Å². The van der Waals surface area contributed by atoms with Crippen molar-refractivity contribution in [2.75, 3.05) is 13.1 Å². The molecule has 0 atom stereocenters. The van der Waals surface area contributed by atoms with Crippen LogP contribution < -0.4 is 4.90 Å². The number of nitrogens with one attached hydrogen (secondary N) is 1. The van der Waals surface area contributed by atoms with E-state index in [4.69, 9.17) is 0 Å². The number of hydrogen-bond acceptors (Lipinski definition) is 1. The molecule has 0 radical (unpaired) electrons. The SMILES string of the molecule is CC(C)C[NH+](Cc1cc(C(C)(C)C)c(O)c(C(C)(C)C)c1)CC(C)C. The summed E-state index contributed by atoms with van der Waals surface area (Å²) in [6.07, 6.45) is 0. The Labute approximate surface area is 156 Å². The van der Waals surface area contributed by atoms with Gasteiger partial charge in [-0.1, -0.05) is 69.2 Å². The fourth-order valence-electron chi connectivity index (χ4n) is 3.61. The Morgan fingerprint density at radius 3 is 1.44 bits per heavy atom. The number of quaternary nitrogens is 1. The van der Waals surface area contributed by atoms with Crippen molar-refractivity contribution in [1.29, 1.82) is 0 Å². The van der Waals surface area contributed by atoms with Crippen LogP contribution in [0.1, 0.15) is 85.9 Å². The second-order valence-electron chi connectivity index (χ2n) is 10.7. The fraction of sp³-hybridized carbons (Fsp3) is 0.739. The normalized spacial score (nSPS) is 13.3. The first-order valence-electron chi connectivity index (χ1n) is 9.92. The van der Waals surface area contributed by atoms with E-state index in [2.05, 4.69) is 81.4 Å². The third-order valence-corrected chi connectivity index (χ3v) is 4.63. The average Bonchev–Trinajstić information content (AvgIpc) is 2.36. The molecular formula is C23H42NO+. The van der Waals surface area contributed by atoms with Gasteiger partial charge in [-0.25, -0.2) is 0 Å². The van der Waals surface area contributed by atoms with Gasteiger partial charge in [-0.2, -0.15) is 0 Å². The van der Waals surface area contributed by atoms with Crippen LogP contribution in [-0.2, 0) is 17.4 Å². The Kier molecular flexibility index (Phi) is 7.15. The van der Waals surface area contributed by atoms with Gasteiger partial charge in [0.1, 0.15) is 12.3 Å². The standard InChI is InChI=1S/C23H41NO/c1-16(2)13-24(14-17(3)4)15-18-11-19(22(5,6)7)21(25)20(12-18)23(8,9)10/h11-12,16-17,25H,13-15H2,1-10H3/p+1. The lowest BCUT2D eigenvalue weighted by molar-refractivity contribution is -0.919. The van der Waals surface area contributed by atoms with Crippen molar-refractivity contribution in [2.24, 2.45) is 11.8 Å². The van der Waals surface area contributed by atoms with Gasteiger partial charge in [0.05, 0.1) is 13.1 Å². The molecule has 0 aliphatic heterocycles. The number of rotatable bonds is 6. The fourth-order valence-corrected chi connectivity index (χ4v) is 3.61. The van der Waals surface area contributed by atoms with Crippen molar-refractivity contribution in [1.82, 2.24) is 0 Å². The summed E-state index contributed by atoms with van der Waals surface area (Å²) < 4.78 is 0. The molecule has 0 fully saturated rings. The van der Waals surface area contributed by atoms with Gasteiger partial charge >= 0.3 is 0 Å². The molecule has 0 aliphatic rings. The second-order valence-corrected chi connectivity index (χ2v) is 10.7. The van der Waals surface area contributed by atoms with E-state index in [0.29, 0.717) is 17.6 Å². The van der Waals surface area contributed by atoms with Crippen molar-refractivity contribution < 1.29 is 10.0 Å². The molecule has 2 heteroatoms. The van der Waals surface area contributed by atoms with Crippen molar-refractivity contribution in [3.05, 3.63) is 28.8 Å². The van der Waals surface area contributed by atoms with Crippen LogP contribution in [0.25, 0.3) is 0 Å². The van der Waals surface area contributed by atoms with Crippen molar-refractivity contribution in [3.63, 3.8) is 0 Å². The van der Waals surface area contributed by atoms with E-state index < -0.39 is 0 Å². The van der Waals surface area contributed by atoms with Crippen LogP contribution in [-0.4, -0.2) is 18.2 Å². The van der Waals surface area contributed by atoms with E-state index in [-0.39, 0.29) is 10.8 Å². The largest absolute Gasteiger partial charge is 0.507 e. The van der Waals surface area contributed by atoms with Crippen molar-refractivity contribution in [3.8, 4) is 5.75 Å². The molecule has 2 nitrogen and oxygen atoms in total.